The van der Waals surface area contributed by atoms with Crippen LogP contribution in [-0.2, 0) is 4.74 Å². The summed E-state index contributed by atoms with van der Waals surface area (Å²) in [4.78, 5) is 8.92. The molecule has 2 nitrogen and oxygen atoms in total. The quantitative estimate of drug-likeness (QED) is 0.491. The first kappa shape index (κ1) is 29.2. The fraction of sp³-hybridized carbons (Fsp3) is 0.875. The van der Waals surface area contributed by atoms with E-state index in [9.17, 15) is 17.6 Å². The number of methoxy groups -OCH3 is 1. The third-order valence-corrected chi connectivity index (χ3v) is 0.395. The van der Waals surface area contributed by atoms with Gasteiger partial charge in [-0.15, -0.1) is 4.39 Å². The summed E-state index contributed by atoms with van der Waals surface area (Å²) < 4.78 is 46.9. The van der Waals surface area contributed by atoms with Crippen LogP contribution in [0.2, 0.25) is 0 Å². The molecular weight excluding hydrogens is 204 g/mol. The lowest BCUT2D eigenvalue weighted by molar-refractivity contribution is -0.00294. The van der Waals surface area contributed by atoms with E-state index in [0.717, 1.165) is 7.11 Å². The Morgan fingerprint density at radius 2 is 1.43 bits per heavy atom. The van der Waals surface area contributed by atoms with Crippen molar-refractivity contribution >= 4 is 6.22 Å². The molecule has 0 amide bonds. The molecule has 0 aliphatic rings. The Balaban J connectivity index is -0.0000000321. The minimum Gasteiger partial charge on any atom is -0.444 e. The van der Waals surface area contributed by atoms with Gasteiger partial charge in [-0.05, 0) is 0 Å². The predicted molar refractivity (Wildman–Crippen MR) is 50.3 cm³/mol. The summed E-state index contributed by atoms with van der Waals surface area (Å²) in [5, 5.41) is 0. The van der Waals surface area contributed by atoms with Crippen molar-refractivity contribution in [2.45, 2.75) is 35.1 Å². The summed E-state index contributed by atoms with van der Waals surface area (Å²) in [5.74, 6) is -3.12. The molecular formula is C8H20F4O2. The molecule has 0 aliphatic carbocycles. The molecule has 0 rings (SSSR count). The van der Waals surface area contributed by atoms with Crippen molar-refractivity contribution in [3.8, 4) is 0 Å². The molecule has 0 aliphatic heterocycles. The molecule has 0 heterocycles. The number of hydrogen-bond donors (Lipinski definition) is 0. The van der Waals surface area contributed by atoms with Gasteiger partial charge in [-0.2, -0.15) is 0 Å². The van der Waals surface area contributed by atoms with Gasteiger partial charge in [0.1, 0.15) is 0 Å². The normalized spacial score (nSPS) is 7.57. The van der Waals surface area contributed by atoms with Gasteiger partial charge in [-0.3, -0.25) is 0 Å². The fourth-order valence-corrected chi connectivity index (χ4v) is 0. The van der Waals surface area contributed by atoms with Crippen LogP contribution in [0, 0.1) is 0 Å². The molecule has 14 heavy (non-hydrogen) atoms. The first-order valence-electron chi connectivity index (χ1n) is 2.50. The number of ether oxygens (including phenoxy) is 1. The van der Waals surface area contributed by atoms with Gasteiger partial charge < -0.3 is 4.74 Å². The van der Waals surface area contributed by atoms with E-state index in [0.29, 0.717) is 6.92 Å². The van der Waals surface area contributed by atoms with Crippen LogP contribution < -0.4 is 0 Å². The van der Waals surface area contributed by atoms with Crippen molar-refractivity contribution in [3.05, 3.63) is 0 Å². The van der Waals surface area contributed by atoms with Gasteiger partial charge >= 0.3 is 6.22 Å². The number of hydrogen-bond acceptors (Lipinski definition) is 2. The molecule has 0 unspecified atom stereocenters. The summed E-state index contributed by atoms with van der Waals surface area (Å²) in [6.07, 6.45) is -1.75. The monoisotopic (exact) mass is 224 g/mol. The maximum atomic E-state index is 11.1. The van der Waals surface area contributed by atoms with Crippen LogP contribution in [0.3, 0.4) is 0 Å². The molecule has 0 atom stereocenters. The van der Waals surface area contributed by atoms with Crippen LogP contribution in [0.25, 0.3) is 0 Å². The second kappa shape index (κ2) is 14.7. The van der Waals surface area contributed by atoms with Crippen LogP contribution in [0.1, 0.15) is 29.2 Å². The van der Waals surface area contributed by atoms with Gasteiger partial charge in [-0.1, -0.05) is 22.3 Å². The molecule has 92 valence electrons. The Labute approximate surface area is 83.3 Å². The van der Waals surface area contributed by atoms with E-state index in [1.165, 1.54) is 0 Å². The van der Waals surface area contributed by atoms with Crippen molar-refractivity contribution in [1.82, 2.24) is 0 Å². The predicted octanol–water partition coefficient (Wildman–Crippen LogP) is 4.24. The minimum absolute atomic E-state index is 0. The molecule has 0 aromatic carbocycles. The molecule has 0 saturated heterocycles. The van der Waals surface area contributed by atoms with E-state index < -0.39 is 18.8 Å². The molecule has 0 aromatic rings. The van der Waals surface area contributed by atoms with Gasteiger partial charge in [-0.25, -0.2) is 18.0 Å². The van der Waals surface area contributed by atoms with Gasteiger partial charge in [0.15, 0.2) is 6.67 Å². The number of carbonyl (C=O) groups is 1. The van der Waals surface area contributed by atoms with Crippen LogP contribution in [0.15, 0.2) is 0 Å². The van der Waals surface area contributed by atoms with Crippen molar-refractivity contribution < 1.29 is 27.1 Å². The molecule has 0 spiro atoms. The second-order valence-corrected chi connectivity index (χ2v) is 1.65. The van der Waals surface area contributed by atoms with Gasteiger partial charge in [0.25, 0.3) is 5.92 Å². The maximum absolute atomic E-state index is 11.1. The molecule has 0 fully saturated rings. The standard InChI is InChI=1S/C3H5F3.C2H3FO2.3CH4/c1-3(5,6)2-4;1-5-2(3)4;;;/h2H2,1H3;1H3;3*1H4. The minimum atomic E-state index is -3.12. The van der Waals surface area contributed by atoms with E-state index >= 15 is 0 Å². The van der Waals surface area contributed by atoms with Crippen molar-refractivity contribution in [2.75, 3.05) is 13.8 Å². The van der Waals surface area contributed by atoms with E-state index in [-0.39, 0.29) is 22.3 Å². The van der Waals surface area contributed by atoms with Crippen LogP contribution in [0.4, 0.5) is 22.4 Å². The molecule has 0 aromatic heterocycles. The molecule has 6 heteroatoms. The van der Waals surface area contributed by atoms with Crippen LogP contribution in [0.5, 0.6) is 0 Å². The van der Waals surface area contributed by atoms with Gasteiger partial charge in [0, 0.05) is 6.92 Å². The smallest absolute Gasteiger partial charge is 0.444 e. The van der Waals surface area contributed by atoms with Crippen molar-refractivity contribution in [2.24, 2.45) is 0 Å². The Bertz CT molecular complexity index is 112. The number of carbonyl (C=O) groups excluding carboxylic acids is 1. The molecule has 0 saturated carbocycles. The molecule has 0 radical (unpaired) electrons. The summed E-state index contributed by atoms with van der Waals surface area (Å²) in [5.41, 5.74) is 0. The SMILES string of the molecule is C.C.C.CC(F)(F)CF.COC(=O)F. The zero-order valence-corrected chi connectivity index (χ0v) is 6.04. The summed E-state index contributed by atoms with van der Waals surface area (Å²) in [6, 6.07) is 0. The van der Waals surface area contributed by atoms with Crippen LogP contribution >= 0.6 is 0 Å². The van der Waals surface area contributed by atoms with Crippen LogP contribution in [-0.4, -0.2) is 25.9 Å². The number of alkyl halides is 3. The Hall–Kier alpha value is -0.810. The van der Waals surface area contributed by atoms with E-state index in [1.807, 2.05) is 0 Å². The summed E-state index contributed by atoms with van der Waals surface area (Å²) in [7, 11) is 0.975. The van der Waals surface area contributed by atoms with E-state index in [2.05, 4.69) is 4.74 Å². The summed E-state index contributed by atoms with van der Waals surface area (Å²) >= 11 is 0. The lowest BCUT2D eigenvalue weighted by Crippen LogP contribution is -2.10. The Morgan fingerprint density at radius 1 is 1.29 bits per heavy atom. The molecule has 0 bridgehead atoms. The highest BCUT2D eigenvalue weighted by molar-refractivity contribution is 5.57. The fourth-order valence-electron chi connectivity index (χ4n) is 0. The number of rotatable bonds is 1. The van der Waals surface area contributed by atoms with Crippen molar-refractivity contribution in [3.63, 3.8) is 0 Å². The average Bonchev–Trinajstić information content (AvgIpc) is 1.88. The van der Waals surface area contributed by atoms with Crippen molar-refractivity contribution in [1.29, 1.82) is 0 Å². The summed E-state index contributed by atoms with van der Waals surface area (Å²) in [6.45, 7) is -1.03. The third-order valence-electron chi connectivity index (χ3n) is 0.395. The average molecular weight is 224 g/mol. The highest BCUT2D eigenvalue weighted by atomic mass is 19.3. The van der Waals surface area contributed by atoms with Gasteiger partial charge in [0.05, 0.1) is 7.11 Å². The Kier molecular flexibility index (Phi) is 30.7. The topological polar surface area (TPSA) is 26.3 Å². The number of halogens is 4. The lowest BCUT2D eigenvalue weighted by Gasteiger charge is -1.99. The highest BCUT2D eigenvalue weighted by Crippen LogP contribution is 2.10. The Morgan fingerprint density at radius 3 is 1.43 bits per heavy atom. The highest BCUT2D eigenvalue weighted by Gasteiger charge is 2.19. The maximum Gasteiger partial charge on any atom is 0.495 e. The second-order valence-electron chi connectivity index (χ2n) is 1.65. The first-order chi connectivity index (χ1) is 4.83. The van der Waals surface area contributed by atoms with E-state index in [1.54, 1.807) is 0 Å². The molecule has 0 N–H and O–H groups in total. The first-order valence-corrected chi connectivity index (χ1v) is 2.50. The zero-order valence-electron chi connectivity index (χ0n) is 6.04. The van der Waals surface area contributed by atoms with Gasteiger partial charge in [0.2, 0.25) is 0 Å². The lowest BCUT2D eigenvalue weighted by atomic mass is 10.4. The zero-order chi connectivity index (χ0) is 9.49. The third kappa shape index (κ3) is 66.2. The largest absolute Gasteiger partial charge is 0.495 e. The van der Waals surface area contributed by atoms with E-state index in [4.69, 9.17) is 4.79 Å².